The second-order valence-corrected chi connectivity index (χ2v) is 4.25. The number of hydrogen-bond donors (Lipinski definition) is 2. The van der Waals surface area contributed by atoms with Crippen LogP contribution in [0.3, 0.4) is 0 Å². The summed E-state index contributed by atoms with van der Waals surface area (Å²) in [6, 6.07) is 7.00. The minimum absolute atomic E-state index is 0. The summed E-state index contributed by atoms with van der Waals surface area (Å²) in [5, 5.41) is 6.96. The van der Waals surface area contributed by atoms with E-state index in [0.29, 0.717) is 6.04 Å². The number of rotatable bonds is 2. The van der Waals surface area contributed by atoms with Crippen LogP contribution >= 0.6 is 12.4 Å². The standard InChI is InChI=1S/C12H16N2O.ClH/c1-2-9-6-13-7-11(9)12(3-1)14-10-4-5-15-8-10;/h1-3,10,13-14H,4-8H2;1H/t10-;/m0./s1. The molecule has 2 N–H and O–H groups in total. The predicted octanol–water partition coefficient (Wildman–Crippen LogP) is 1.91. The van der Waals surface area contributed by atoms with Crippen LogP contribution in [0.2, 0.25) is 0 Å². The molecule has 1 aromatic carbocycles. The second-order valence-electron chi connectivity index (χ2n) is 4.25. The summed E-state index contributed by atoms with van der Waals surface area (Å²) in [6.07, 6.45) is 1.12. The summed E-state index contributed by atoms with van der Waals surface area (Å²) in [6.45, 7) is 3.74. The van der Waals surface area contributed by atoms with Gasteiger partial charge in [0.05, 0.1) is 12.6 Å². The average Bonchev–Trinajstić information content (AvgIpc) is 2.87. The molecule has 1 fully saturated rings. The van der Waals surface area contributed by atoms with Gasteiger partial charge in [0, 0.05) is 25.4 Å². The molecule has 0 aromatic heterocycles. The molecule has 0 aliphatic carbocycles. The third-order valence-corrected chi connectivity index (χ3v) is 3.18. The van der Waals surface area contributed by atoms with Crippen molar-refractivity contribution in [3.05, 3.63) is 29.3 Å². The van der Waals surface area contributed by atoms with E-state index in [9.17, 15) is 0 Å². The summed E-state index contributed by atoms with van der Waals surface area (Å²) in [5.41, 5.74) is 4.15. The highest BCUT2D eigenvalue weighted by molar-refractivity contribution is 5.85. The van der Waals surface area contributed by atoms with E-state index in [-0.39, 0.29) is 12.4 Å². The first-order chi connectivity index (χ1) is 7.43. The van der Waals surface area contributed by atoms with Gasteiger partial charge < -0.3 is 15.4 Å². The van der Waals surface area contributed by atoms with Crippen molar-refractivity contribution in [3.63, 3.8) is 0 Å². The van der Waals surface area contributed by atoms with Crippen molar-refractivity contribution in [2.75, 3.05) is 18.5 Å². The quantitative estimate of drug-likeness (QED) is 0.829. The minimum Gasteiger partial charge on any atom is -0.380 e. The Kier molecular flexibility index (Phi) is 3.69. The van der Waals surface area contributed by atoms with Gasteiger partial charge in [0.1, 0.15) is 0 Å². The van der Waals surface area contributed by atoms with Crippen LogP contribution in [-0.4, -0.2) is 19.3 Å². The lowest BCUT2D eigenvalue weighted by Crippen LogP contribution is -2.19. The Morgan fingerprint density at radius 1 is 1.31 bits per heavy atom. The van der Waals surface area contributed by atoms with Crippen molar-refractivity contribution >= 4 is 18.1 Å². The summed E-state index contributed by atoms with van der Waals surface area (Å²) in [7, 11) is 0. The smallest absolute Gasteiger partial charge is 0.0668 e. The molecule has 2 aliphatic rings. The molecule has 0 amide bonds. The number of benzene rings is 1. The molecule has 2 aliphatic heterocycles. The zero-order chi connectivity index (χ0) is 10.1. The van der Waals surface area contributed by atoms with E-state index >= 15 is 0 Å². The molecule has 0 spiro atoms. The van der Waals surface area contributed by atoms with Crippen LogP contribution in [0.25, 0.3) is 0 Å². The number of hydrogen-bond acceptors (Lipinski definition) is 3. The highest BCUT2D eigenvalue weighted by Gasteiger charge is 2.19. The van der Waals surface area contributed by atoms with E-state index in [1.54, 1.807) is 0 Å². The third-order valence-electron chi connectivity index (χ3n) is 3.18. The van der Waals surface area contributed by atoms with E-state index in [1.807, 2.05) is 0 Å². The van der Waals surface area contributed by atoms with E-state index in [4.69, 9.17) is 4.74 Å². The lowest BCUT2D eigenvalue weighted by molar-refractivity contribution is 0.195. The van der Waals surface area contributed by atoms with Gasteiger partial charge in [0.15, 0.2) is 0 Å². The van der Waals surface area contributed by atoms with Gasteiger partial charge in [0.2, 0.25) is 0 Å². The molecule has 88 valence electrons. The van der Waals surface area contributed by atoms with Gasteiger partial charge in [0.25, 0.3) is 0 Å². The van der Waals surface area contributed by atoms with Crippen LogP contribution in [0, 0.1) is 0 Å². The van der Waals surface area contributed by atoms with Gasteiger partial charge in [-0.05, 0) is 23.6 Å². The fourth-order valence-corrected chi connectivity index (χ4v) is 2.33. The van der Waals surface area contributed by atoms with Crippen molar-refractivity contribution in [2.24, 2.45) is 0 Å². The maximum Gasteiger partial charge on any atom is 0.0668 e. The van der Waals surface area contributed by atoms with Crippen LogP contribution in [0.4, 0.5) is 5.69 Å². The first-order valence-corrected chi connectivity index (χ1v) is 5.59. The zero-order valence-electron chi connectivity index (χ0n) is 9.16. The Labute approximate surface area is 102 Å². The first-order valence-electron chi connectivity index (χ1n) is 5.59. The minimum atomic E-state index is 0. The SMILES string of the molecule is Cl.c1cc2c(c(N[C@H]3CCOC3)c1)CNC2. The third kappa shape index (κ3) is 2.17. The number of anilines is 1. The number of halogens is 1. The maximum atomic E-state index is 5.37. The molecule has 3 nitrogen and oxygen atoms in total. The largest absolute Gasteiger partial charge is 0.380 e. The van der Waals surface area contributed by atoms with E-state index in [0.717, 1.165) is 32.7 Å². The lowest BCUT2D eigenvalue weighted by Gasteiger charge is -2.15. The van der Waals surface area contributed by atoms with Gasteiger partial charge in [-0.3, -0.25) is 0 Å². The van der Waals surface area contributed by atoms with Crippen molar-refractivity contribution in [1.82, 2.24) is 5.32 Å². The van der Waals surface area contributed by atoms with Gasteiger partial charge >= 0.3 is 0 Å². The van der Waals surface area contributed by atoms with Crippen molar-refractivity contribution in [1.29, 1.82) is 0 Å². The molecule has 1 atom stereocenters. The van der Waals surface area contributed by atoms with Crippen LogP contribution in [0.5, 0.6) is 0 Å². The second kappa shape index (κ2) is 5.04. The Morgan fingerprint density at radius 2 is 2.25 bits per heavy atom. The van der Waals surface area contributed by atoms with Crippen LogP contribution in [0.15, 0.2) is 18.2 Å². The Balaban J connectivity index is 0.000000963. The Hall–Kier alpha value is -0.770. The first kappa shape index (κ1) is 11.7. The fraction of sp³-hybridized carbons (Fsp3) is 0.500. The molecule has 0 saturated carbocycles. The fourth-order valence-electron chi connectivity index (χ4n) is 2.33. The molecule has 2 heterocycles. The van der Waals surface area contributed by atoms with E-state index in [1.165, 1.54) is 16.8 Å². The van der Waals surface area contributed by atoms with Gasteiger partial charge in [-0.1, -0.05) is 12.1 Å². The van der Waals surface area contributed by atoms with Gasteiger partial charge in [-0.15, -0.1) is 12.4 Å². The lowest BCUT2D eigenvalue weighted by atomic mass is 10.1. The molecule has 4 heteroatoms. The highest BCUT2D eigenvalue weighted by Crippen LogP contribution is 2.25. The normalized spacial score (nSPS) is 22.6. The summed E-state index contributed by atoms with van der Waals surface area (Å²) in [4.78, 5) is 0. The molecule has 1 saturated heterocycles. The number of ether oxygens (including phenoxy) is 1. The monoisotopic (exact) mass is 240 g/mol. The molecule has 1 aromatic rings. The number of fused-ring (bicyclic) bond motifs is 1. The molecular formula is C12H17ClN2O. The van der Waals surface area contributed by atoms with Crippen LogP contribution in [-0.2, 0) is 17.8 Å². The molecule has 0 bridgehead atoms. The van der Waals surface area contributed by atoms with Gasteiger partial charge in [-0.25, -0.2) is 0 Å². The average molecular weight is 241 g/mol. The summed E-state index contributed by atoms with van der Waals surface area (Å²) in [5.74, 6) is 0. The molecule has 0 unspecified atom stereocenters. The van der Waals surface area contributed by atoms with Gasteiger partial charge in [-0.2, -0.15) is 0 Å². The number of nitrogens with one attached hydrogen (secondary N) is 2. The Bertz CT molecular complexity index is 364. The van der Waals surface area contributed by atoms with Crippen molar-refractivity contribution in [3.8, 4) is 0 Å². The topological polar surface area (TPSA) is 33.3 Å². The molecular weight excluding hydrogens is 224 g/mol. The van der Waals surface area contributed by atoms with E-state index in [2.05, 4.69) is 28.8 Å². The molecule has 0 radical (unpaired) electrons. The summed E-state index contributed by atoms with van der Waals surface area (Å²) < 4.78 is 5.37. The maximum absolute atomic E-state index is 5.37. The summed E-state index contributed by atoms with van der Waals surface area (Å²) >= 11 is 0. The highest BCUT2D eigenvalue weighted by atomic mass is 35.5. The van der Waals surface area contributed by atoms with Crippen LogP contribution < -0.4 is 10.6 Å². The zero-order valence-corrected chi connectivity index (χ0v) is 9.98. The molecule has 3 rings (SSSR count). The van der Waals surface area contributed by atoms with E-state index < -0.39 is 0 Å². The van der Waals surface area contributed by atoms with Crippen LogP contribution in [0.1, 0.15) is 17.5 Å². The molecule has 16 heavy (non-hydrogen) atoms. The van der Waals surface area contributed by atoms with Crippen molar-refractivity contribution < 1.29 is 4.74 Å². The Morgan fingerprint density at radius 3 is 3.06 bits per heavy atom. The predicted molar refractivity (Wildman–Crippen MR) is 67.1 cm³/mol. The van der Waals surface area contributed by atoms with Crippen molar-refractivity contribution in [2.45, 2.75) is 25.6 Å².